The summed E-state index contributed by atoms with van der Waals surface area (Å²) in [6.07, 6.45) is 0. The standard InChI is InChI=1S/C15H11ClN4O7/c16-10-3-2-9(6-12(10)19(23)24)18-14(21)7-27-15(22)8-1-4-11(17)13(5-8)20(25)26/h1-6H,7,17H2,(H,18,21). The first-order valence-corrected chi connectivity index (χ1v) is 7.51. The molecule has 2 rings (SSSR count). The lowest BCUT2D eigenvalue weighted by atomic mass is 10.2. The monoisotopic (exact) mass is 394 g/mol. The van der Waals surface area contributed by atoms with Crippen LogP contribution in [0.1, 0.15) is 10.4 Å². The average Bonchev–Trinajstić information content (AvgIpc) is 2.61. The third kappa shape index (κ3) is 4.89. The van der Waals surface area contributed by atoms with Gasteiger partial charge in [-0.15, -0.1) is 0 Å². The van der Waals surface area contributed by atoms with Gasteiger partial charge in [0.2, 0.25) is 0 Å². The molecule has 27 heavy (non-hydrogen) atoms. The van der Waals surface area contributed by atoms with E-state index < -0.39 is 39.7 Å². The number of nitro groups is 2. The fourth-order valence-electron chi connectivity index (χ4n) is 1.97. The van der Waals surface area contributed by atoms with E-state index in [4.69, 9.17) is 22.1 Å². The Bertz CT molecular complexity index is 948. The van der Waals surface area contributed by atoms with E-state index in [-0.39, 0.29) is 22.0 Å². The van der Waals surface area contributed by atoms with Gasteiger partial charge in [-0.3, -0.25) is 25.0 Å². The van der Waals surface area contributed by atoms with Crippen molar-refractivity contribution in [2.24, 2.45) is 0 Å². The molecule has 0 aliphatic heterocycles. The van der Waals surface area contributed by atoms with Gasteiger partial charge in [0.05, 0.1) is 15.4 Å². The molecule has 0 spiro atoms. The minimum Gasteiger partial charge on any atom is -0.452 e. The Labute approximate surface area is 156 Å². The number of esters is 1. The molecule has 140 valence electrons. The minimum atomic E-state index is -0.977. The van der Waals surface area contributed by atoms with Crippen LogP contribution in [0.4, 0.5) is 22.7 Å². The van der Waals surface area contributed by atoms with Crippen LogP contribution in [0.2, 0.25) is 5.02 Å². The van der Waals surface area contributed by atoms with Crippen molar-refractivity contribution in [1.82, 2.24) is 0 Å². The smallest absolute Gasteiger partial charge is 0.338 e. The highest BCUT2D eigenvalue weighted by atomic mass is 35.5. The van der Waals surface area contributed by atoms with E-state index in [1.165, 1.54) is 24.3 Å². The Balaban J connectivity index is 2.00. The van der Waals surface area contributed by atoms with Crippen LogP contribution in [0.25, 0.3) is 0 Å². The Morgan fingerprint density at radius 2 is 1.74 bits per heavy atom. The molecular formula is C15H11ClN4O7. The highest BCUT2D eigenvalue weighted by Gasteiger charge is 2.18. The first-order chi connectivity index (χ1) is 12.7. The number of carbonyl (C=O) groups excluding carboxylic acids is 2. The average molecular weight is 395 g/mol. The first-order valence-electron chi connectivity index (χ1n) is 7.14. The second-order valence-corrected chi connectivity index (χ2v) is 5.49. The number of nitrogens with one attached hydrogen (secondary N) is 1. The van der Waals surface area contributed by atoms with Crippen LogP contribution in [0, 0.1) is 20.2 Å². The van der Waals surface area contributed by atoms with Crippen molar-refractivity contribution in [3.05, 3.63) is 67.2 Å². The summed E-state index contributed by atoms with van der Waals surface area (Å²) in [7, 11) is 0. The van der Waals surface area contributed by atoms with Crippen LogP contribution < -0.4 is 11.1 Å². The van der Waals surface area contributed by atoms with Crippen molar-refractivity contribution in [2.75, 3.05) is 17.7 Å². The maximum absolute atomic E-state index is 11.9. The molecule has 1 amide bonds. The van der Waals surface area contributed by atoms with E-state index in [2.05, 4.69) is 5.32 Å². The van der Waals surface area contributed by atoms with Crippen molar-refractivity contribution >= 4 is 46.2 Å². The van der Waals surface area contributed by atoms with Gasteiger partial charge in [0, 0.05) is 17.8 Å². The summed E-state index contributed by atoms with van der Waals surface area (Å²) >= 11 is 5.66. The number of halogens is 1. The summed E-state index contributed by atoms with van der Waals surface area (Å²) in [5.74, 6) is -1.75. The van der Waals surface area contributed by atoms with Crippen molar-refractivity contribution in [2.45, 2.75) is 0 Å². The number of nitrogens with two attached hydrogens (primary N) is 1. The number of amides is 1. The first kappa shape index (κ1) is 19.6. The molecule has 12 heteroatoms. The Morgan fingerprint density at radius 3 is 2.37 bits per heavy atom. The topological polar surface area (TPSA) is 168 Å². The fourth-order valence-corrected chi connectivity index (χ4v) is 2.16. The largest absolute Gasteiger partial charge is 0.452 e. The molecule has 0 aliphatic carbocycles. The van der Waals surface area contributed by atoms with E-state index in [0.29, 0.717) is 0 Å². The molecule has 11 nitrogen and oxygen atoms in total. The zero-order chi connectivity index (χ0) is 20.1. The van der Waals surface area contributed by atoms with Gasteiger partial charge in [0.25, 0.3) is 17.3 Å². The third-order valence-corrected chi connectivity index (χ3v) is 3.54. The van der Waals surface area contributed by atoms with Crippen molar-refractivity contribution in [3.8, 4) is 0 Å². The van der Waals surface area contributed by atoms with Gasteiger partial charge in [-0.1, -0.05) is 11.6 Å². The molecular weight excluding hydrogens is 384 g/mol. The normalized spacial score (nSPS) is 10.1. The van der Waals surface area contributed by atoms with Gasteiger partial charge in [-0.2, -0.15) is 0 Å². The molecule has 2 aromatic carbocycles. The molecule has 0 heterocycles. The zero-order valence-corrected chi connectivity index (χ0v) is 14.1. The molecule has 0 atom stereocenters. The van der Waals surface area contributed by atoms with Crippen molar-refractivity contribution in [1.29, 1.82) is 0 Å². The Morgan fingerprint density at radius 1 is 1.07 bits per heavy atom. The minimum absolute atomic E-state index is 0.0790. The van der Waals surface area contributed by atoms with E-state index in [1.807, 2.05) is 0 Å². The number of carbonyl (C=O) groups is 2. The summed E-state index contributed by atoms with van der Waals surface area (Å²) in [5.41, 5.74) is 4.35. The number of hydrogen-bond donors (Lipinski definition) is 2. The molecule has 0 saturated heterocycles. The third-order valence-electron chi connectivity index (χ3n) is 3.22. The van der Waals surface area contributed by atoms with Gasteiger partial charge in [-0.05, 0) is 24.3 Å². The van der Waals surface area contributed by atoms with Crippen LogP contribution >= 0.6 is 11.6 Å². The van der Waals surface area contributed by atoms with Crippen LogP contribution in [0.5, 0.6) is 0 Å². The highest BCUT2D eigenvalue weighted by Crippen LogP contribution is 2.27. The summed E-state index contributed by atoms with van der Waals surface area (Å²) < 4.78 is 4.76. The van der Waals surface area contributed by atoms with Gasteiger partial charge in [-0.25, -0.2) is 4.79 Å². The highest BCUT2D eigenvalue weighted by molar-refractivity contribution is 6.32. The summed E-state index contributed by atoms with van der Waals surface area (Å²) in [4.78, 5) is 43.9. The summed E-state index contributed by atoms with van der Waals surface area (Å²) in [6.45, 7) is -0.715. The lowest BCUT2D eigenvalue weighted by molar-refractivity contribution is -0.384. The SMILES string of the molecule is Nc1ccc(C(=O)OCC(=O)Nc2ccc(Cl)c([N+](=O)[O-])c2)cc1[N+](=O)[O-]. The quantitative estimate of drug-likeness (QED) is 0.326. The van der Waals surface area contributed by atoms with Crippen molar-refractivity contribution in [3.63, 3.8) is 0 Å². The molecule has 0 saturated carbocycles. The van der Waals surface area contributed by atoms with Crippen molar-refractivity contribution < 1.29 is 24.2 Å². The van der Waals surface area contributed by atoms with Gasteiger partial charge < -0.3 is 15.8 Å². The number of nitrogens with zero attached hydrogens (tertiary/aromatic N) is 2. The predicted octanol–water partition coefficient (Wildman–Crippen LogP) is 2.53. The summed E-state index contributed by atoms with van der Waals surface area (Å²) in [5, 5.41) is 23.8. The number of nitro benzene ring substituents is 2. The number of rotatable bonds is 6. The van der Waals surface area contributed by atoms with Gasteiger partial charge >= 0.3 is 5.97 Å². The number of ether oxygens (including phenoxy) is 1. The second-order valence-electron chi connectivity index (χ2n) is 5.08. The molecule has 0 fully saturated rings. The zero-order valence-electron chi connectivity index (χ0n) is 13.4. The molecule has 0 aliphatic rings. The van der Waals surface area contributed by atoms with E-state index in [1.54, 1.807) is 0 Å². The predicted molar refractivity (Wildman–Crippen MR) is 94.5 cm³/mol. The second kappa shape index (κ2) is 8.10. The van der Waals surface area contributed by atoms with E-state index in [0.717, 1.165) is 12.1 Å². The molecule has 3 N–H and O–H groups in total. The molecule has 0 unspecified atom stereocenters. The Hall–Kier alpha value is -3.73. The van der Waals surface area contributed by atoms with Crippen LogP contribution in [0.15, 0.2) is 36.4 Å². The van der Waals surface area contributed by atoms with E-state index >= 15 is 0 Å². The fraction of sp³-hybridized carbons (Fsp3) is 0.0667. The number of hydrogen-bond acceptors (Lipinski definition) is 8. The molecule has 0 bridgehead atoms. The van der Waals surface area contributed by atoms with Crippen LogP contribution in [-0.2, 0) is 9.53 Å². The van der Waals surface area contributed by atoms with Crippen LogP contribution in [0.3, 0.4) is 0 Å². The van der Waals surface area contributed by atoms with Crippen LogP contribution in [-0.4, -0.2) is 28.3 Å². The Kier molecular flexibility index (Phi) is 5.88. The number of nitrogen functional groups attached to an aromatic ring is 1. The maximum Gasteiger partial charge on any atom is 0.338 e. The summed E-state index contributed by atoms with van der Waals surface area (Å²) in [6, 6.07) is 6.92. The molecule has 0 aromatic heterocycles. The number of anilines is 2. The van der Waals surface area contributed by atoms with E-state index in [9.17, 15) is 29.8 Å². The van der Waals surface area contributed by atoms with Gasteiger partial charge in [0.1, 0.15) is 10.7 Å². The molecule has 0 radical (unpaired) electrons. The number of benzene rings is 2. The molecule has 2 aromatic rings. The lowest BCUT2D eigenvalue weighted by Gasteiger charge is -2.07. The lowest BCUT2D eigenvalue weighted by Crippen LogP contribution is -2.21. The van der Waals surface area contributed by atoms with Gasteiger partial charge in [0.15, 0.2) is 6.61 Å². The maximum atomic E-state index is 11.9.